The molecule has 25 heavy (non-hydrogen) atoms. The van der Waals surface area contributed by atoms with Crippen LogP contribution in [0.1, 0.15) is 50.1 Å². The number of amides is 1. The Morgan fingerprint density at radius 3 is 2.88 bits per heavy atom. The van der Waals surface area contributed by atoms with Crippen LogP contribution in [0, 0.1) is 6.92 Å². The zero-order valence-corrected chi connectivity index (χ0v) is 16.0. The van der Waals surface area contributed by atoms with E-state index >= 15 is 0 Å². The zero-order valence-electron chi connectivity index (χ0n) is 15.2. The Bertz CT molecular complexity index is 712. The molecule has 2 heterocycles. The van der Waals surface area contributed by atoms with Gasteiger partial charge in [0.05, 0.1) is 0 Å². The van der Waals surface area contributed by atoms with Gasteiger partial charge >= 0.3 is 0 Å². The van der Waals surface area contributed by atoms with Crippen LogP contribution in [0.4, 0.5) is 5.13 Å². The number of nitrogens with zero attached hydrogens (tertiary/aromatic N) is 3. The highest BCUT2D eigenvalue weighted by Gasteiger charge is 2.33. The first kappa shape index (κ1) is 17.9. The van der Waals surface area contributed by atoms with Crippen molar-refractivity contribution in [3.63, 3.8) is 0 Å². The lowest BCUT2D eigenvalue weighted by Crippen LogP contribution is -2.46. The lowest BCUT2D eigenvalue weighted by atomic mass is 10.1. The van der Waals surface area contributed by atoms with Crippen LogP contribution in [0.25, 0.3) is 0 Å². The fourth-order valence-corrected chi connectivity index (χ4v) is 3.79. The monoisotopic (exact) mass is 358 g/mol. The molecular formula is C19H26N4OS. The summed E-state index contributed by atoms with van der Waals surface area (Å²) in [6, 6.07) is 8.55. The lowest BCUT2D eigenvalue weighted by Gasteiger charge is -2.24. The fraction of sp³-hybridized carbons (Fsp3) is 0.526. The van der Waals surface area contributed by atoms with E-state index in [-0.39, 0.29) is 18.0 Å². The van der Waals surface area contributed by atoms with Crippen LogP contribution < -0.4 is 10.2 Å². The summed E-state index contributed by atoms with van der Waals surface area (Å²) < 4.78 is 4.51. The van der Waals surface area contributed by atoms with Gasteiger partial charge in [0.2, 0.25) is 11.0 Å². The van der Waals surface area contributed by atoms with Gasteiger partial charge < -0.3 is 10.2 Å². The maximum absolute atomic E-state index is 12.5. The molecule has 1 N–H and O–H groups in total. The molecule has 0 spiro atoms. The third kappa shape index (κ3) is 4.37. The molecule has 0 unspecified atom stereocenters. The quantitative estimate of drug-likeness (QED) is 0.861. The van der Waals surface area contributed by atoms with E-state index in [2.05, 4.69) is 52.7 Å². The minimum absolute atomic E-state index is 0.113. The molecule has 0 aliphatic carbocycles. The number of aromatic nitrogens is 2. The van der Waals surface area contributed by atoms with Crippen LogP contribution in [-0.2, 0) is 11.2 Å². The van der Waals surface area contributed by atoms with E-state index in [4.69, 9.17) is 4.98 Å². The molecule has 134 valence electrons. The van der Waals surface area contributed by atoms with E-state index in [9.17, 15) is 4.79 Å². The van der Waals surface area contributed by atoms with E-state index in [1.165, 1.54) is 22.7 Å². The first-order valence-electron chi connectivity index (χ1n) is 9.02. The Balaban J connectivity index is 1.68. The topological polar surface area (TPSA) is 58.1 Å². The highest BCUT2D eigenvalue weighted by atomic mass is 32.1. The highest BCUT2D eigenvalue weighted by molar-refractivity contribution is 7.09. The highest BCUT2D eigenvalue weighted by Crippen LogP contribution is 2.28. The van der Waals surface area contributed by atoms with Crippen LogP contribution in [0.3, 0.4) is 0 Å². The van der Waals surface area contributed by atoms with E-state index in [0.717, 1.165) is 43.2 Å². The van der Waals surface area contributed by atoms with Gasteiger partial charge in [-0.15, -0.1) is 0 Å². The molecule has 1 aliphatic rings. The number of hydrogen-bond acceptors (Lipinski definition) is 5. The van der Waals surface area contributed by atoms with Crippen LogP contribution in [0.15, 0.2) is 24.3 Å². The SMILES string of the molecule is CC[C@H](C)NC(=O)[C@@H]1CCCN1c1nc(Cc2ccc(C)cc2)ns1. The summed E-state index contributed by atoms with van der Waals surface area (Å²) in [5.74, 6) is 0.943. The van der Waals surface area contributed by atoms with Gasteiger partial charge in [0.15, 0.2) is 0 Å². The molecule has 0 saturated carbocycles. The fourth-order valence-electron chi connectivity index (χ4n) is 3.03. The van der Waals surface area contributed by atoms with Gasteiger partial charge in [0.25, 0.3) is 0 Å². The van der Waals surface area contributed by atoms with Crippen molar-refractivity contribution in [2.24, 2.45) is 0 Å². The van der Waals surface area contributed by atoms with Crippen molar-refractivity contribution in [1.82, 2.24) is 14.7 Å². The maximum Gasteiger partial charge on any atom is 0.242 e. The molecule has 1 fully saturated rings. The van der Waals surface area contributed by atoms with Gasteiger partial charge in [-0.05, 0) is 38.7 Å². The summed E-state index contributed by atoms with van der Waals surface area (Å²) in [5.41, 5.74) is 2.46. The number of rotatable bonds is 6. The average molecular weight is 359 g/mol. The van der Waals surface area contributed by atoms with Gasteiger partial charge in [-0.2, -0.15) is 4.37 Å². The van der Waals surface area contributed by atoms with Crippen LogP contribution in [0.5, 0.6) is 0 Å². The molecule has 1 aromatic heterocycles. The number of aryl methyl sites for hydroxylation is 1. The van der Waals surface area contributed by atoms with Gasteiger partial charge in [0.1, 0.15) is 11.9 Å². The van der Waals surface area contributed by atoms with Crippen molar-refractivity contribution < 1.29 is 4.79 Å². The zero-order chi connectivity index (χ0) is 17.8. The lowest BCUT2D eigenvalue weighted by molar-refractivity contribution is -0.122. The Kier molecular flexibility index (Phi) is 5.68. The molecule has 0 bridgehead atoms. The summed E-state index contributed by atoms with van der Waals surface area (Å²) >= 11 is 1.40. The standard InChI is InChI=1S/C19H26N4OS/c1-4-14(3)20-18(24)16-6-5-11-23(16)19-21-17(22-25-19)12-15-9-7-13(2)8-10-15/h7-10,14,16H,4-6,11-12H2,1-3H3,(H,20,24)/t14-,16-/m0/s1. The molecular weight excluding hydrogens is 332 g/mol. The first-order chi connectivity index (χ1) is 12.1. The number of carbonyl (C=O) groups excluding carboxylic acids is 1. The van der Waals surface area contributed by atoms with E-state index in [0.29, 0.717) is 0 Å². The molecule has 2 aromatic rings. The van der Waals surface area contributed by atoms with Gasteiger partial charge in [-0.3, -0.25) is 4.79 Å². The second kappa shape index (κ2) is 7.95. The summed E-state index contributed by atoms with van der Waals surface area (Å²) in [6.45, 7) is 7.08. The normalized spacial score (nSPS) is 18.4. The predicted octanol–water partition coefficient (Wildman–Crippen LogP) is 3.32. The van der Waals surface area contributed by atoms with Crippen LogP contribution in [-0.4, -0.2) is 33.9 Å². The third-order valence-corrected chi connectivity index (χ3v) is 5.53. The third-order valence-electron chi connectivity index (χ3n) is 4.74. The summed E-state index contributed by atoms with van der Waals surface area (Å²) in [7, 11) is 0. The van der Waals surface area contributed by atoms with E-state index in [1.54, 1.807) is 0 Å². The molecule has 5 nitrogen and oxygen atoms in total. The molecule has 3 rings (SSSR count). The Hall–Kier alpha value is -1.95. The van der Waals surface area contributed by atoms with Crippen LogP contribution >= 0.6 is 11.5 Å². The Labute approximate surface area is 153 Å². The summed E-state index contributed by atoms with van der Waals surface area (Å²) in [6.07, 6.45) is 3.58. The van der Waals surface area contributed by atoms with Gasteiger partial charge in [-0.1, -0.05) is 36.8 Å². The predicted molar refractivity (Wildman–Crippen MR) is 102 cm³/mol. The van der Waals surface area contributed by atoms with Crippen molar-refractivity contribution in [3.8, 4) is 0 Å². The minimum Gasteiger partial charge on any atom is -0.352 e. The molecule has 1 saturated heterocycles. The summed E-state index contributed by atoms with van der Waals surface area (Å²) in [5, 5.41) is 3.96. The number of benzene rings is 1. The molecule has 6 heteroatoms. The van der Waals surface area contributed by atoms with Crippen molar-refractivity contribution in [2.45, 2.75) is 58.5 Å². The van der Waals surface area contributed by atoms with Crippen molar-refractivity contribution in [1.29, 1.82) is 0 Å². The second-order valence-corrected chi connectivity index (χ2v) is 7.56. The van der Waals surface area contributed by atoms with Crippen LogP contribution in [0.2, 0.25) is 0 Å². The molecule has 1 amide bonds. The van der Waals surface area contributed by atoms with E-state index in [1.807, 2.05) is 6.92 Å². The van der Waals surface area contributed by atoms with E-state index < -0.39 is 0 Å². The molecule has 1 aliphatic heterocycles. The Morgan fingerprint density at radius 2 is 2.16 bits per heavy atom. The summed E-state index contributed by atoms with van der Waals surface area (Å²) in [4.78, 5) is 19.3. The molecule has 2 atom stereocenters. The average Bonchev–Trinajstić information content (AvgIpc) is 3.25. The van der Waals surface area contributed by atoms with Gasteiger partial charge in [0, 0.05) is 30.5 Å². The number of carbonyl (C=O) groups is 1. The number of nitrogens with one attached hydrogen (secondary N) is 1. The first-order valence-corrected chi connectivity index (χ1v) is 9.79. The maximum atomic E-state index is 12.5. The smallest absolute Gasteiger partial charge is 0.242 e. The number of hydrogen-bond donors (Lipinski definition) is 1. The largest absolute Gasteiger partial charge is 0.352 e. The van der Waals surface area contributed by atoms with Crippen molar-refractivity contribution >= 4 is 22.6 Å². The minimum atomic E-state index is -0.117. The molecule has 1 aromatic carbocycles. The van der Waals surface area contributed by atoms with Crippen molar-refractivity contribution in [3.05, 3.63) is 41.2 Å². The van der Waals surface area contributed by atoms with Gasteiger partial charge in [-0.25, -0.2) is 4.98 Å². The van der Waals surface area contributed by atoms with Crippen molar-refractivity contribution in [2.75, 3.05) is 11.4 Å². The Morgan fingerprint density at radius 1 is 1.40 bits per heavy atom. The number of anilines is 1. The second-order valence-electron chi connectivity index (χ2n) is 6.82. The molecule has 0 radical (unpaired) electrons.